The first kappa shape index (κ1) is 14.3. The van der Waals surface area contributed by atoms with Gasteiger partial charge >= 0.3 is 5.97 Å². The predicted octanol–water partition coefficient (Wildman–Crippen LogP) is 3.13. The molecule has 0 atom stereocenters. The second kappa shape index (κ2) is 5.61. The highest BCUT2D eigenvalue weighted by Gasteiger charge is 2.17. The summed E-state index contributed by atoms with van der Waals surface area (Å²) in [5, 5.41) is 15.8. The van der Waals surface area contributed by atoms with Crippen molar-refractivity contribution in [2.24, 2.45) is 4.99 Å². The third-order valence-corrected chi connectivity index (χ3v) is 4.33. The van der Waals surface area contributed by atoms with E-state index in [1.807, 2.05) is 6.92 Å². The molecule has 3 N–H and O–H groups in total. The lowest BCUT2D eigenvalue weighted by atomic mass is 10.1. The Bertz CT molecular complexity index is 795. The van der Waals surface area contributed by atoms with Gasteiger partial charge in [-0.15, -0.1) is 11.3 Å². The van der Waals surface area contributed by atoms with Crippen LogP contribution in [0.5, 0.6) is 0 Å². The van der Waals surface area contributed by atoms with Crippen molar-refractivity contribution < 1.29 is 14.7 Å². The maximum absolute atomic E-state index is 12.3. The van der Waals surface area contributed by atoms with Crippen LogP contribution in [0.1, 0.15) is 25.6 Å². The number of hydrogen-bond donors (Lipinski definition) is 3. The summed E-state index contributed by atoms with van der Waals surface area (Å²) < 4.78 is 0. The second-order valence-electron chi connectivity index (χ2n) is 4.81. The van der Waals surface area contributed by atoms with Crippen molar-refractivity contribution in [2.45, 2.75) is 6.92 Å². The quantitative estimate of drug-likeness (QED) is 0.811. The van der Waals surface area contributed by atoms with Crippen molar-refractivity contribution in [3.8, 4) is 0 Å². The van der Waals surface area contributed by atoms with Crippen LogP contribution in [-0.4, -0.2) is 29.7 Å². The van der Waals surface area contributed by atoms with E-state index in [0.717, 1.165) is 16.3 Å². The minimum Gasteiger partial charge on any atom is -0.478 e. The van der Waals surface area contributed by atoms with Crippen LogP contribution in [0.15, 0.2) is 29.3 Å². The number of hydrogen-bond acceptors (Lipinski definition) is 5. The van der Waals surface area contributed by atoms with Gasteiger partial charge in [-0.3, -0.25) is 9.79 Å². The number of benzene rings is 1. The Morgan fingerprint density at radius 1 is 1.36 bits per heavy atom. The third-order valence-electron chi connectivity index (χ3n) is 3.25. The van der Waals surface area contributed by atoms with Gasteiger partial charge in [-0.05, 0) is 30.7 Å². The molecule has 0 fully saturated rings. The van der Waals surface area contributed by atoms with Crippen LogP contribution in [0, 0.1) is 6.92 Å². The molecule has 0 saturated carbocycles. The molecule has 112 valence electrons. The summed E-state index contributed by atoms with van der Waals surface area (Å²) in [6, 6.07) is 6.36. The van der Waals surface area contributed by atoms with Gasteiger partial charge in [0.2, 0.25) is 0 Å². The average molecular weight is 315 g/mol. The summed E-state index contributed by atoms with van der Waals surface area (Å²) in [7, 11) is 0. The summed E-state index contributed by atoms with van der Waals surface area (Å²) in [6.07, 6.45) is 1.75. The minimum absolute atomic E-state index is 0.137. The lowest BCUT2D eigenvalue weighted by Gasteiger charge is -2.08. The zero-order chi connectivity index (χ0) is 15.7. The smallest absolute Gasteiger partial charge is 0.335 e. The number of carboxylic acid groups (broad SMARTS) is 1. The van der Waals surface area contributed by atoms with E-state index >= 15 is 0 Å². The van der Waals surface area contributed by atoms with Gasteiger partial charge in [0.25, 0.3) is 5.91 Å². The van der Waals surface area contributed by atoms with Crippen molar-refractivity contribution >= 4 is 45.8 Å². The first-order valence-electron chi connectivity index (χ1n) is 6.60. The molecule has 22 heavy (non-hydrogen) atoms. The number of thiophene rings is 1. The molecule has 0 radical (unpaired) electrons. The molecule has 1 aromatic heterocycles. The summed E-state index contributed by atoms with van der Waals surface area (Å²) in [5.74, 6) is -1.30. The number of nitrogens with one attached hydrogen (secondary N) is 2. The number of carbonyl (C=O) groups is 2. The van der Waals surface area contributed by atoms with E-state index in [4.69, 9.17) is 5.11 Å². The second-order valence-corrected chi connectivity index (χ2v) is 5.86. The topological polar surface area (TPSA) is 90.8 Å². The number of anilines is 2. The number of aromatic carboxylic acids is 1. The van der Waals surface area contributed by atoms with Gasteiger partial charge in [0.05, 0.1) is 22.7 Å². The lowest BCUT2D eigenvalue weighted by Crippen LogP contribution is -2.12. The van der Waals surface area contributed by atoms with Crippen molar-refractivity contribution in [3.05, 3.63) is 40.3 Å². The highest BCUT2D eigenvalue weighted by atomic mass is 32.1. The number of rotatable bonds is 3. The number of carbonyl (C=O) groups excluding carboxylic acids is 1. The largest absolute Gasteiger partial charge is 0.478 e. The zero-order valence-corrected chi connectivity index (χ0v) is 12.5. The Morgan fingerprint density at radius 3 is 2.91 bits per heavy atom. The molecular weight excluding hydrogens is 302 g/mol. The van der Waals surface area contributed by atoms with E-state index in [0.29, 0.717) is 17.1 Å². The molecule has 2 aromatic rings. The molecule has 0 aliphatic carbocycles. The number of aryl methyl sites for hydroxylation is 1. The van der Waals surface area contributed by atoms with Crippen LogP contribution in [0.3, 0.4) is 0 Å². The maximum atomic E-state index is 12.3. The summed E-state index contributed by atoms with van der Waals surface area (Å²) >= 11 is 1.33. The number of fused-ring (bicyclic) bond motifs is 1. The summed E-state index contributed by atoms with van der Waals surface area (Å²) in [4.78, 5) is 28.1. The molecule has 3 rings (SSSR count). The Labute approximate surface area is 130 Å². The van der Waals surface area contributed by atoms with Gasteiger partial charge in [-0.2, -0.15) is 0 Å². The van der Waals surface area contributed by atoms with E-state index < -0.39 is 5.97 Å². The molecule has 7 heteroatoms. The molecule has 0 bridgehead atoms. The Kier molecular flexibility index (Phi) is 3.64. The van der Waals surface area contributed by atoms with Crippen LogP contribution in [0.25, 0.3) is 0 Å². The van der Waals surface area contributed by atoms with Crippen LogP contribution < -0.4 is 10.6 Å². The number of carboxylic acids is 1. The third kappa shape index (κ3) is 2.71. The zero-order valence-electron chi connectivity index (χ0n) is 11.7. The molecule has 1 aliphatic rings. The highest BCUT2D eigenvalue weighted by molar-refractivity contribution is 7.18. The first-order valence-corrected chi connectivity index (χ1v) is 7.42. The standard InChI is InChI=1S/C15H13N3O3S/c1-8-2-3-9(15(20)21)6-10(8)18-13(19)12-7-11-14(22-12)17-5-4-16-11/h2-4,6-7,17H,5H2,1H3,(H,18,19)(H,20,21). The molecule has 2 heterocycles. The van der Waals surface area contributed by atoms with Crippen LogP contribution >= 0.6 is 11.3 Å². The van der Waals surface area contributed by atoms with Gasteiger partial charge in [-0.1, -0.05) is 6.07 Å². The fourth-order valence-corrected chi connectivity index (χ4v) is 2.98. The van der Waals surface area contributed by atoms with E-state index in [1.165, 1.54) is 23.5 Å². The van der Waals surface area contributed by atoms with Crippen LogP contribution in [-0.2, 0) is 0 Å². The van der Waals surface area contributed by atoms with E-state index in [2.05, 4.69) is 15.6 Å². The average Bonchev–Trinajstić information content (AvgIpc) is 2.93. The monoisotopic (exact) mass is 315 g/mol. The molecule has 1 aromatic carbocycles. The summed E-state index contributed by atoms with van der Waals surface area (Å²) in [5.41, 5.74) is 2.18. The van der Waals surface area contributed by atoms with E-state index in [9.17, 15) is 9.59 Å². The number of aliphatic imine (C=N–C) groups is 1. The van der Waals surface area contributed by atoms with Gasteiger partial charge in [0.15, 0.2) is 0 Å². The molecular formula is C15H13N3O3S. The number of nitrogens with zero attached hydrogens (tertiary/aromatic N) is 1. The van der Waals surface area contributed by atoms with Gasteiger partial charge in [0, 0.05) is 11.9 Å². The SMILES string of the molecule is Cc1ccc(C(=O)O)cc1NC(=O)c1cc2c(s1)NCC=N2. The van der Waals surface area contributed by atoms with Crippen LogP contribution in [0.2, 0.25) is 0 Å². The Balaban J connectivity index is 1.85. The van der Waals surface area contributed by atoms with E-state index in [1.54, 1.807) is 18.3 Å². The summed E-state index contributed by atoms with van der Waals surface area (Å²) in [6.45, 7) is 2.46. The molecule has 0 unspecified atom stereocenters. The predicted molar refractivity (Wildman–Crippen MR) is 87.1 cm³/mol. The lowest BCUT2D eigenvalue weighted by molar-refractivity contribution is 0.0696. The fourth-order valence-electron chi connectivity index (χ4n) is 2.07. The highest BCUT2D eigenvalue weighted by Crippen LogP contribution is 2.36. The maximum Gasteiger partial charge on any atom is 0.335 e. The molecule has 1 aliphatic heterocycles. The van der Waals surface area contributed by atoms with Gasteiger partial charge < -0.3 is 15.7 Å². The van der Waals surface area contributed by atoms with Crippen molar-refractivity contribution in [1.82, 2.24) is 0 Å². The van der Waals surface area contributed by atoms with Crippen molar-refractivity contribution in [3.63, 3.8) is 0 Å². The Morgan fingerprint density at radius 2 is 2.18 bits per heavy atom. The molecule has 0 saturated heterocycles. The minimum atomic E-state index is -1.03. The normalized spacial score (nSPS) is 12.4. The van der Waals surface area contributed by atoms with E-state index in [-0.39, 0.29) is 11.5 Å². The number of amides is 1. The van der Waals surface area contributed by atoms with Crippen molar-refractivity contribution in [2.75, 3.05) is 17.2 Å². The molecule has 1 amide bonds. The van der Waals surface area contributed by atoms with Gasteiger partial charge in [-0.25, -0.2) is 4.79 Å². The van der Waals surface area contributed by atoms with Crippen LogP contribution in [0.4, 0.5) is 16.4 Å². The Hall–Kier alpha value is -2.67. The van der Waals surface area contributed by atoms with Gasteiger partial charge in [0.1, 0.15) is 5.00 Å². The molecule has 6 nitrogen and oxygen atoms in total. The first-order chi connectivity index (χ1) is 10.5. The van der Waals surface area contributed by atoms with Crippen molar-refractivity contribution in [1.29, 1.82) is 0 Å². The fraction of sp³-hybridized carbons (Fsp3) is 0.133. The molecule has 0 spiro atoms.